The summed E-state index contributed by atoms with van der Waals surface area (Å²) in [4.78, 5) is 23.8. The molecule has 0 aromatic carbocycles. The van der Waals surface area contributed by atoms with E-state index in [0.717, 1.165) is 23.6 Å². The van der Waals surface area contributed by atoms with Gasteiger partial charge in [0.1, 0.15) is 11.5 Å². The highest BCUT2D eigenvalue weighted by atomic mass is 16.1. The van der Waals surface area contributed by atoms with Crippen LogP contribution >= 0.6 is 0 Å². The van der Waals surface area contributed by atoms with Crippen molar-refractivity contribution in [3.8, 4) is 0 Å². The van der Waals surface area contributed by atoms with E-state index in [1.165, 1.54) is 0 Å². The van der Waals surface area contributed by atoms with E-state index in [4.69, 9.17) is 0 Å². The predicted octanol–water partition coefficient (Wildman–Crippen LogP) is 1.87. The summed E-state index contributed by atoms with van der Waals surface area (Å²) in [7, 11) is 0. The number of H-pyrrole nitrogens is 1. The maximum absolute atomic E-state index is 12.2. The molecule has 0 spiro atoms. The summed E-state index contributed by atoms with van der Waals surface area (Å²) in [5, 5.41) is 2.98. The molecule has 3 aromatic rings. The first-order chi connectivity index (χ1) is 10.3. The minimum atomic E-state index is -0.0930. The first-order valence-corrected chi connectivity index (χ1v) is 6.97. The number of pyridine rings is 1. The number of hydrogen-bond acceptors (Lipinski definition) is 3. The van der Waals surface area contributed by atoms with Crippen LogP contribution in [0.5, 0.6) is 0 Å². The Morgan fingerprint density at radius 3 is 3.10 bits per heavy atom. The molecule has 108 valence electrons. The molecule has 0 aliphatic carbocycles. The highest BCUT2D eigenvalue weighted by molar-refractivity contribution is 5.78. The van der Waals surface area contributed by atoms with Crippen molar-refractivity contribution in [3.63, 3.8) is 0 Å². The van der Waals surface area contributed by atoms with Crippen molar-refractivity contribution in [2.75, 3.05) is 0 Å². The highest BCUT2D eigenvalue weighted by Crippen LogP contribution is 2.12. The van der Waals surface area contributed by atoms with Gasteiger partial charge in [0.2, 0.25) is 5.91 Å². The van der Waals surface area contributed by atoms with Crippen LogP contribution in [0.2, 0.25) is 0 Å². The van der Waals surface area contributed by atoms with Crippen molar-refractivity contribution in [1.29, 1.82) is 0 Å². The van der Waals surface area contributed by atoms with Crippen LogP contribution in [0.15, 0.2) is 43.0 Å². The van der Waals surface area contributed by atoms with Gasteiger partial charge in [0.25, 0.3) is 0 Å². The van der Waals surface area contributed by atoms with Gasteiger partial charge in [-0.05, 0) is 18.6 Å². The average molecular weight is 283 g/mol. The van der Waals surface area contributed by atoms with Crippen molar-refractivity contribution in [2.24, 2.45) is 0 Å². The number of fused-ring (bicyclic) bond motifs is 1. The van der Waals surface area contributed by atoms with Gasteiger partial charge >= 0.3 is 0 Å². The van der Waals surface area contributed by atoms with E-state index in [0.29, 0.717) is 0 Å². The lowest BCUT2D eigenvalue weighted by Gasteiger charge is -2.14. The smallest absolute Gasteiger partial charge is 0.226 e. The minimum Gasteiger partial charge on any atom is -0.347 e. The SMILES string of the molecule is CCC(NC(=O)Cc1cn2ccccc2n1)c1ncc[nH]1. The van der Waals surface area contributed by atoms with Crippen LogP contribution in [0.1, 0.15) is 30.9 Å². The Kier molecular flexibility index (Phi) is 3.68. The molecule has 2 N–H and O–H groups in total. The molecule has 6 heteroatoms. The fourth-order valence-corrected chi connectivity index (χ4v) is 2.31. The summed E-state index contributed by atoms with van der Waals surface area (Å²) in [6, 6.07) is 5.68. The molecule has 0 radical (unpaired) electrons. The third kappa shape index (κ3) is 2.94. The van der Waals surface area contributed by atoms with Gasteiger partial charge in [-0.3, -0.25) is 4.79 Å². The van der Waals surface area contributed by atoms with E-state index < -0.39 is 0 Å². The highest BCUT2D eigenvalue weighted by Gasteiger charge is 2.15. The van der Waals surface area contributed by atoms with E-state index in [9.17, 15) is 4.79 Å². The van der Waals surface area contributed by atoms with Gasteiger partial charge in [-0.15, -0.1) is 0 Å². The van der Waals surface area contributed by atoms with E-state index in [2.05, 4.69) is 20.3 Å². The van der Waals surface area contributed by atoms with E-state index in [1.807, 2.05) is 41.9 Å². The normalized spacial score (nSPS) is 12.4. The molecule has 1 unspecified atom stereocenters. The third-order valence-corrected chi connectivity index (χ3v) is 3.35. The summed E-state index contributed by atoms with van der Waals surface area (Å²) < 4.78 is 1.91. The number of amides is 1. The molecular formula is C15H17N5O. The van der Waals surface area contributed by atoms with Crippen LogP contribution < -0.4 is 5.32 Å². The van der Waals surface area contributed by atoms with E-state index in [1.54, 1.807) is 12.4 Å². The first kappa shape index (κ1) is 13.4. The Morgan fingerprint density at radius 2 is 2.38 bits per heavy atom. The third-order valence-electron chi connectivity index (χ3n) is 3.35. The number of imidazole rings is 2. The summed E-state index contributed by atoms with van der Waals surface area (Å²) >= 11 is 0. The minimum absolute atomic E-state index is 0.0540. The second-order valence-corrected chi connectivity index (χ2v) is 4.88. The topological polar surface area (TPSA) is 75.1 Å². The van der Waals surface area contributed by atoms with Crippen molar-refractivity contribution >= 4 is 11.6 Å². The number of nitrogens with zero attached hydrogens (tertiary/aromatic N) is 3. The molecule has 3 aromatic heterocycles. The Hall–Kier alpha value is -2.63. The van der Waals surface area contributed by atoms with Crippen molar-refractivity contribution < 1.29 is 4.79 Å². The Morgan fingerprint density at radius 1 is 1.48 bits per heavy atom. The molecule has 0 saturated heterocycles. The zero-order chi connectivity index (χ0) is 14.7. The van der Waals surface area contributed by atoms with Crippen LogP contribution in [0.3, 0.4) is 0 Å². The second kappa shape index (κ2) is 5.78. The van der Waals surface area contributed by atoms with Gasteiger partial charge in [0.05, 0.1) is 18.2 Å². The van der Waals surface area contributed by atoms with Crippen molar-refractivity contribution in [3.05, 3.63) is 54.5 Å². The average Bonchev–Trinajstić information content (AvgIpc) is 3.13. The fraction of sp³-hybridized carbons (Fsp3) is 0.267. The predicted molar refractivity (Wildman–Crippen MR) is 78.7 cm³/mol. The molecule has 1 amide bonds. The van der Waals surface area contributed by atoms with Gasteiger partial charge in [0, 0.05) is 24.8 Å². The van der Waals surface area contributed by atoms with Gasteiger partial charge in [-0.1, -0.05) is 13.0 Å². The Balaban J connectivity index is 1.68. The van der Waals surface area contributed by atoms with Gasteiger partial charge in [-0.2, -0.15) is 0 Å². The molecule has 6 nitrogen and oxygen atoms in total. The lowest BCUT2D eigenvalue weighted by molar-refractivity contribution is -0.121. The van der Waals surface area contributed by atoms with Crippen LogP contribution in [-0.4, -0.2) is 25.3 Å². The number of carbonyl (C=O) groups excluding carboxylic acids is 1. The number of carbonyl (C=O) groups is 1. The number of hydrogen-bond donors (Lipinski definition) is 2. The van der Waals surface area contributed by atoms with Crippen molar-refractivity contribution in [2.45, 2.75) is 25.8 Å². The lowest BCUT2D eigenvalue weighted by atomic mass is 10.2. The molecular weight excluding hydrogens is 266 g/mol. The largest absolute Gasteiger partial charge is 0.347 e. The molecule has 0 fully saturated rings. The quantitative estimate of drug-likeness (QED) is 0.750. The fourth-order valence-electron chi connectivity index (χ4n) is 2.31. The Labute approximate surface area is 122 Å². The van der Waals surface area contributed by atoms with Crippen LogP contribution in [0.25, 0.3) is 5.65 Å². The maximum Gasteiger partial charge on any atom is 0.226 e. The summed E-state index contributed by atoms with van der Waals surface area (Å²) in [5.41, 5.74) is 1.60. The maximum atomic E-state index is 12.2. The number of aromatic nitrogens is 4. The summed E-state index contributed by atoms with van der Waals surface area (Å²) in [6.45, 7) is 2.01. The number of rotatable bonds is 5. The summed E-state index contributed by atoms with van der Waals surface area (Å²) in [6.07, 6.45) is 8.28. The number of aromatic amines is 1. The molecule has 3 heterocycles. The van der Waals surface area contributed by atoms with Crippen LogP contribution in [0.4, 0.5) is 0 Å². The monoisotopic (exact) mass is 283 g/mol. The number of nitrogens with one attached hydrogen (secondary N) is 2. The molecule has 21 heavy (non-hydrogen) atoms. The first-order valence-electron chi connectivity index (χ1n) is 6.97. The van der Waals surface area contributed by atoms with Gasteiger partial charge < -0.3 is 14.7 Å². The molecule has 0 aliphatic rings. The molecule has 3 rings (SSSR count). The zero-order valence-corrected chi connectivity index (χ0v) is 11.8. The molecule has 0 saturated carbocycles. The Bertz CT molecular complexity index is 698. The summed E-state index contributed by atoms with van der Waals surface area (Å²) in [5.74, 6) is 0.725. The zero-order valence-electron chi connectivity index (χ0n) is 11.8. The standard InChI is InChI=1S/C15H17N5O/c1-2-12(15-16-6-7-17-15)19-14(21)9-11-10-20-8-4-3-5-13(20)18-11/h3-8,10,12H,2,9H2,1H3,(H,16,17)(H,19,21). The van der Waals surface area contributed by atoms with Crippen molar-refractivity contribution in [1.82, 2.24) is 24.7 Å². The van der Waals surface area contributed by atoms with Crippen LogP contribution in [-0.2, 0) is 11.2 Å². The molecule has 0 aliphatic heterocycles. The van der Waals surface area contributed by atoms with E-state index >= 15 is 0 Å². The van der Waals surface area contributed by atoms with Gasteiger partial charge in [-0.25, -0.2) is 9.97 Å². The lowest BCUT2D eigenvalue weighted by Crippen LogP contribution is -2.30. The van der Waals surface area contributed by atoms with Crippen LogP contribution in [0, 0.1) is 0 Å². The molecule has 1 atom stereocenters. The van der Waals surface area contributed by atoms with E-state index in [-0.39, 0.29) is 18.4 Å². The molecule has 0 bridgehead atoms. The van der Waals surface area contributed by atoms with Gasteiger partial charge in [0.15, 0.2) is 0 Å². The second-order valence-electron chi connectivity index (χ2n) is 4.88.